The third-order valence-corrected chi connectivity index (χ3v) is 3.06. The molecule has 0 radical (unpaired) electrons. The summed E-state index contributed by atoms with van der Waals surface area (Å²) in [4.78, 5) is 23.6. The summed E-state index contributed by atoms with van der Waals surface area (Å²) in [6, 6.07) is 4.62. The molecule has 6 nitrogen and oxygen atoms in total. The minimum absolute atomic E-state index is 0.360. The van der Waals surface area contributed by atoms with Gasteiger partial charge in [-0.05, 0) is 19.1 Å². The van der Waals surface area contributed by atoms with Crippen LogP contribution in [0.3, 0.4) is 0 Å². The van der Waals surface area contributed by atoms with Crippen molar-refractivity contribution in [1.82, 2.24) is 14.3 Å². The first-order chi connectivity index (χ1) is 10.2. The minimum atomic E-state index is -4.58. The van der Waals surface area contributed by atoms with Crippen molar-refractivity contribution >= 4 is 11.6 Å². The van der Waals surface area contributed by atoms with Crippen LogP contribution in [-0.2, 0) is 24.6 Å². The fourth-order valence-corrected chi connectivity index (χ4v) is 1.86. The van der Waals surface area contributed by atoms with Crippen LogP contribution in [-0.4, -0.2) is 20.3 Å². The molecule has 0 aliphatic rings. The average Bonchev–Trinajstić information content (AvgIpc) is 2.65. The van der Waals surface area contributed by atoms with Crippen LogP contribution in [0.1, 0.15) is 11.4 Å². The number of nitrogens with zero attached hydrogens (tertiary/aromatic N) is 3. The lowest BCUT2D eigenvalue weighted by Crippen LogP contribution is -2.29. The second-order valence-electron chi connectivity index (χ2n) is 4.64. The van der Waals surface area contributed by atoms with E-state index in [0.29, 0.717) is 5.82 Å². The molecule has 0 fully saturated rings. The van der Waals surface area contributed by atoms with Crippen molar-refractivity contribution in [3.05, 3.63) is 46.1 Å². The predicted octanol–water partition coefficient (Wildman–Crippen LogP) is 1.55. The van der Waals surface area contributed by atoms with E-state index in [1.54, 1.807) is 6.92 Å². The number of anilines is 1. The number of aromatic nitrogens is 3. The molecule has 1 aromatic carbocycles. The topological polar surface area (TPSA) is 68.9 Å². The molecule has 9 heteroatoms. The summed E-state index contributed by atoms with van der Waals surface area (Å²) in [6.45, 7) is 1.11. The van der Waals surface area contributed by atoms with Gasteiger partial charge in [-0.1, -0.05) is 12.1 Å². The molecule has 22 heavy (non-hydrogen) atoms. The Morgan fingerprint density at radius 2 is 1.95 bits per heavy atom. The molecule has 1 aromatic heterocycles. The zero-order valence-corrected chi connectivity index (χ0v) is 11.8. The van der Waals surface area contributed by atoms with Crippen LogP contribution < -0.4 is 11.0 Å². The van der Waals surface area contributed by atoms with Crippen molar-refractivity contribution in [3.8, 4) is 0 Å². The molecule has 0 atom stereocenters. The van der Waals surface area contributed by atoms with E-state index in [2.05, 4.69) is 10.4 Å². The zero-order valence-electron chi connectivity index (χ0n) is 11.8. The molecule has 0 aliphatic heterocycles. The van der Waals surface area contributed by atoms with Gasteiger partial charge < -0.3 is 5.32 Å². The van der Waals surface area contributed by atoms with Crippen molar-refractivity contribution in [3.63, 3.8) is 0 Å². The van der Waals surface area contributed by atoms with Gasteiger partial charge in [-0.2, -0.15) is 18.3 Å². The maximum Gasteiger partial charge on any atom is 0.418 e. The number of carbonyl (C=O) groups excluding carboxylic acids is 1. The molecular weight excluding hydrogens is 301 g/mol. The number of halogens is 3. The number of aryl methyl sites for hydroxylation is 1. The Labute approximate surface area is 123 Å². The molecule has 2 aromatic rings. The van der Waals surface area contributed by atoms with Crippen molar-refractivity contribution in [2.45, 2.75) is 19.6 Å². The summed E-state index contributed by atoms with van der Waals surface area (Å²) in [5, 5.41) is 6.00. The fourth-order valence-electron chi connectivity index (χ4n) is 1.86. The van der Waals surface area contributed by atoms with Gasteiger partial charge in [0.05, 0.1) is 11.3 Å². The molecular formula is C13H13F3N4O2. The van der Waals surface area contributed by atoms with Crippen LogP contribution in [0.25, 0.3) is 0 Å². The quantitative estimate of drug-likeness (QED) is 0.934. The molecule has 0 spiro atoms. The highest BCUT2D eigenvalue weighted by Gasteiger charge is 2.33. The fraction of sp³-hybridized carbons (Fsp3) is 0.308. The Hall–Kier alpha value is -2.58. The van der Waals surface area contributed by atoms with Crippen LogP contribution in [0.15, 0.2) is 29.1 Å². The number of hydrogen-bond donors (Lipinski definition) is 1. The third kappa shape index (κ3) is 3.18. The summed E-state index contributed by atoms with van der Waals surface area (Å²) in [7, 11) is 1.48. The van der Waals surface area contributed by atoms with E-state index in [-0.39, 0.29) is 5.69 Å². The lowest BCUT2D eigenvalue weighted by Gasteiger charge is -2.13. The van der Waals surface area contributed by atoms with E-state index in [1.807, 2.05) is 0 Å². The van der Waals surface area contributed by atoms with Gasteiger partial charge in [-0.25, -0.2) is 9.48 Å². The zero-order chi connectivity index (χ0) is 16.5. The minimum Gasteiger partial charge on any atom is -0.324 e. The summed E-state index contributed by atoms with van der Waals surface area (Å²) >= 11 is 0. The Morgan fingerprint density at radius 1 is 1.32 bits per heavy atom. The molecule has 0 unspecified atom stereocenters. The lowest BCUT2D eigenvalue weighted by atomic mass is 10.1. The number of amides is 1. The van der Waals surface area contributed by atoms with Gasteiger partial charge in [0.25, 0.3) is 0 Å². The van der Waals surface area contributed by atoms with Gasteiger partial charge in [0.1, 0.15) is 12.4 Å². The van der Waals surface area contributed by atoms with Crippen LogP contribution in [0, 0.1) is 6.92 Å². The van der Waals surface area contributed by atoms with Gasteiger partial charge >= 0.3 is 11.9 Å². The van der Waals surface area contributed by atoms with Gasteiger partial charge in [-0.15, -0.1) is 0 Å². The maximum absolute atomic E-state index is 12.8. The molecule has 0 bridgehead atoms. The number of benzene rings is 1. The van der Waals surface area contributed by atoms with E-state index in [0.717, 1.165) is 16.8 Å². The summed E-state index contributed by atoms with van der Waals surface area (Å²) in [5.41, 5.74) is -1.83. The van der Waals surface area contributed by atoms with Crippen molar-refractivity contribution in [2.75, 3.05) is 5.32 Å². The van der Waals surface area contributed by atoms with Crippen molar-refractivity contribution in [2.24, 2.45) is 7.05 Å². The molecule has 0 saturated carbocycles. The average molecular weight is 314 g/mol. The van der Waals surface area contributed by atoms with Gasteiger partial charge in [0, 0.05) is 7.05 Å². The van der Waals surface area contributed by atoms with Crippen LogP contribution in [0.5, 0.6) is 0 Å². The molecule has 1 heterocycles. The maximum atomic E-state index is 12.8. The number of alkyl halides is 3. The third-order valence-electron chi connectivity index (χ3n) is 3.06. The molecule has 0 aliphatic carbocycles. The molecule has 118 valence electrons. The monoisotopic (exact) mass is 314 g/mol. The Bertz CT molecular complexity index is 761. The summed E-state index contributed by atoms with van der Waals surface area (Å²) in [6.07, 6.45) is -4.58. The number of para-hydroxylation sites is 1. The molecule has 1 N–H and O–H groups in total. The predicted molar refractivity (Wildman–Crippen MR) is 72.3 cm³/mol. The van der Waals surface area contributed by atoms with Gasteiger partial charge in [0.15, 0.2) is 0 Å². The molecule has 1 amide bonds. The number of carbonyl (C=O) groups is 1. The molecule has 0 saturated heterocycles. The first-order valence-electron chi connectivity index (χ1n) is 6.26. The van der Waals surface area contributed by atoms with Crippen molar-refractivity contribution < 1.29 is 18.0 Å². The SMILES string of the molecule is Cc1nn(CC(=O)Nc2ccccc2C(F)(F)F)c(=O)n1C. The van der Waals surface area contributed by atoms with E-state index in [4.69, 9.17) is 0 Å². The highest BCUT2D eigenvalue weighted by molar-refractivity contribution is 5.91. The number of nitrogens with one attached hydrogen (secondary N) is 1. The van der Waals surface area contributed by atoms with Crippen LogP contribution in [0.2, 0.25) is 0 Å². The first-order valence-corrected chi connectivity index (χ1v) is 6.26. The number of hydrogen-bond acceptors (Lipinski definition) is 3. The summed E-state index contributed by atoms with van der Waals surface area (Å²) in [5.74, 6) is -0.370. The lowest BCUT2D eigenvalue weighted by molar-refractivity contribution is -0.137. The standard InChI is InChI=1S/C13H13F3N4O2/c1-8-18-20(12(22)19(8)2)7-11(21)17-10-6-4-3-5-9(10)13(14,15)16/h3-6H,7H2,1-2H3,(H,17,21). The second kappa shape index (κ2) is 5.66. The van der Waals surface area contributed by atoms with Gasteiger partial charge in [0.2, 0.25) is 5.91 Å². The summed E-state index contributed by atoms with van der Waals surface area (Å²) < 4.78 is 40.6. The largest absolute Gasteiger partial charge is 0.418 e. The van der Waals surface area contributed by atoms with Crippen LogP contribution in [0.4, 0.5) is 18.9 Å². The molecule has 2 rings (SSSR count). The van der Waals surface area contributed by atoms with Gasteiger partial charge in [-0.3, -0.25) is 9.36 Å². The Balaban J connectivity index is 2.20. The van der Waals surface area contributed by atoms with Crippen LogP contribution >= 0.6 is 0 Å². The Kier molecular flexibility index (Phi) is 4.07. The highest BCUT2D eigenvalue weighted by Crippen LogP contribution is 2.34. The van der Waals surface area contributed by atoms with Crippen molar-refractivity contribution in [1.29, 1.82) is 0 Å². The normalized spacial score (nSPS) is 11.5. The van der Waals surface area contributed by atoms with E-state index in [9.17, 15) is 22.8 Å². The first kappa shape index (κ1) is 15.8. The highest BCUT2D eigenvalue weighted by atomic mass is 19.4. The number of rotatable bonds is 3. The smallest absolute Gasteiger partial charge is 0.324 e. The van der Waals surface area contributed by atoms with E-state index >= 15 is 0 Å². The van der Waals surface area contributed by atoms with E-state index in [1.165, 1.54) is 23.7 Å². The Morgan fingerprint density at radius 3 is 2.50 bits per heavy atom. The second-order valence-corrected chi connectivity index (χ2v) is 4.64. The van der Waals surface area contributed by atoms with E-state index < -0.39 is 29.9 Å².